The van der Waals surface area contributed by atoms with Gasteiger partial charge in [-0.3, -0.25) is 10.8 Å². The van der Waals surface area contributed by atoms with Crippen molar-refractivity contribution in [1.29, 1.82) is 10.7 Å². The van der Waals surface area contributed by atoms with Gasteiger partial charge in [0, 0.05) is 29.9 Å². The molecule has 0 spiro atoms. The summed E-state index contributed by atoms with van der Waals surface area (Å²) in [4.78, 5) is 0.0107. The molecule has 6 N–H and O–H groups in total. The van der Waals surface area contributed by atoms with Crippen LogP contribution in [0.15, 0.2) is 50.8 Å². The fourth-order valence-electron chi connectivity index (χ4n) is 2.98. The van der Waals surface area contributed by atoms with Crippen molar-refractivity contribution < 1.29 is 23.0 Å². The van der Waals surface area contributed by atoms with Crippen molar-refractivity contribution in [3.63, 3.8) is 0 Å². The highest BCUT2D eigenvalue weighted by Gasteiger charge is 2.24. The number of rotatable bonds is 9. The molecule has 0 aliphatic carbocycles. The first-order chi connectivity index (χ1) is 14.8. The number of amidine groups is 1. The Bertz CT molecular complexity index is 1300. The zero-order valence-corrected chi connectivity index (χ0v) is 17.1. The lowest BCUT2D eigenvalue weighted by molar-refractivity contribution is 0.217. The largest absolute Gasteiger partial charge is 0.456 e. The number of furan rings is 1. The van der Waals surface area contributed by atoms with E-state index in [2.05, 4.69) is 10.5 Å². The molecule has 12 heteroatoms. The number of nitrogens with one attached hydrogen (secondary N) is 2. The molecule has 0 fully saturated rings. The SMILES string of the molecule is N#C/C(=N\Nc1ccc2c(c1)oc1ccc(S(=O)(=O)N(CCO)CCO)cc12)C(=N)N. The summed E-state index contributed by atoms with van der Waals surface area (Å²) < 4.78 is 32.6. The van der Waals surface area contributed by atoms with Crippen LogP contribution in [-0.4, -0.2) is 60.8 Å². The number of anilines is 1. The quantitative estimate of drug-likeness (QED) is 0.182. The number of benzene rings is 2. The first kappa shape index (κ1) is 22.2. The Balaban J connectivity index is 2.01. The number of hydrogen-bond donors (Lipinski definition) is 5. The number of nitrogens with two attached hydrogens (primary N) is 1. The van der Waals surface area contributed by atoms with Gasteiger partial charge < -0.3 is 20.4 Å². The minimum absolute atomic E-state index is 0.0107. The average Bonchev–Trinajstić information content (AvgIpc) is 3.10. The van der Waals surface area contributed by atoms with E-state index in [1.165, 1.54) is 18.2 Å². The van der Waals surface area contributed by atoms with Crippen LogP contribution < -0.4 is 11.2 Å². The molecule has 3 aromatic rings. The lowest BCUT2D eigenvalue weighted by atomic mass is 10.1. The minimum atomic E-state index is -3.92. The molecule has 2 aromatic carbocycles. The van der Waals surface area contributed by atoms with Gasteiger partial charge in [-0.25, -0.2) is 8.42 Å². The van der Waals surface area contributed by atoms with E-state index in [0.717, 1.165) is 4.31 Å². The molecule has 0 aliphatic heterocycles. The van der Waals surface area contributed by atoms with E-state index in [4.69, 9.17) is 31.0 Å². The number of nitriles is 1. The standard InChI is InChI=1S/C19H20N6O5S/c20-11-16(19(21)22)24-23-12-1-3-14-15-10-13(2-4-17(15)30-18(14)9-12)31(28,29)25(5-7-26)6-8-27/h1-4,9-10,23,26-27H,5-8H2,(H3,21,22)/b24-16+. The third-order valence-electron chi connectivity index (χ3n) is 4.44. The molecule has 0 amide bonds. The van der Waals surface area contributed by atoms with Crippen molar-refractivity contribution in [2.75, 3.05) is 31.7 Å². The van der Waals surface area contributed by atoms with E-state index in [1.807, 2.05) is 0 Å². The molecule has 3 rings (SSSR count). The van der Waals surface area contributed by atoms with Crippen LogP contribution in [0.5, 0.6) is 0 Å². The summed E-state index contributed by atoms with van der Waals surface area (Å²) in [6.45, 7) is -1.00. The summed E-state index contributed by atoms with van der Waals surface area (Å²) in [6, 6.07) is 11.1. The number of sulfonamides is 1. The molecule has 0 bridgehead atoms. The zero-order chi connectivity index (χ0) is 22.6. The maximum atomic E-state index is 12.9. The molecule has 11 nitrogen and oxygen atoms in total. The Morgan fingerprint density at radius 2 is 1.87 bits per heavy atom. The predicted molar refractivity (Wildman–Crippen MR) is 115 cm³/mol. The third kappa shape index (κ3) is 4.49. The second kappa shape index (κ2) is 9.11. The van der Waals surface area contributed by atoms with Gasteiger partial charge in [-0.2, -0.15) is 14.7 Å². The van der Waals surface area contributed by atoms with Gasteiger partial charge in [0.2, 0.25) is 15.7 Å². The van der Waals surface area contributed by atoms with E-state index < -0.39 is 15.9 Å². The Hall–Kier alpha value is -3.50. The summed E-state index contributed by atoms with van der Waals surface area (Å²) in [5, 5.41) is 39.4. The average molecular weight is 444 g/mol. The van der Waals surface area contributed by atoms with Crippen molar-refractivity contribution in [3.8, 4) is 6.07 Å². The minimum Gasteiger partial charge on any atom is -0.456 e. The monoisotopic (exact) mass is 444 g/mol. The Morgan fingerprint density at radius 1 is 1.16 bits per heavy atom. The van der Waals surface area contributed by atoms with E-state index >= 15 is 0 Å². The van der Waals surface area contributed by atoms with Crippen LogP contribution in [0.1, 0.15) is 0 Å². The van der Waals surface area contributed by atoms with Crippen LogP contribution in [0.2, 0.25) is 0 Å². The number of hydrazone groups is 1. The molecular weight excluding hydrogens is 424 g/mol. The van der Waals surface area contributed by atoms with Gasteiger partial charge in [-0.15, -0.1) is 0 Å². The van der Waals surface area contributed by atoms with Crippen molar-refractivity contribution in [3.05, 3.63) is 36.4 Å². The number of fused-ring (bicyclic) bond motifs is 3. The van der Waals surface area contributed by atoms with Crippen molar-refractivity contribution in [2.45, 2.75) is 4.90 Å². The van der Waals surface area contributed by atoms with Gasteiger partial charge in [-0.05, 0) is 30.3 Å². The molecule has 0 aliphatic rings. The van der Waals surface area contributed by atoms with Crippen LogP contribution >= 0.6 is 0 Å². The third-order valence-corrected chi connectivity index (χ3v) is 6.33. The maximum Gasteiger partial charge on any atom is 0.243 e. The molecule has 1 heterocycles. The molecule has 0 radical (unpaired) electrons. The number of nitrogens with zero attached hydrogens (tertiary/aromatic N) is 3. The summed E-state index contributed by atoms with van der Waals surface area (Å²) in [5.41, 5.74) is 9.01. The van der Waals surface area contributed by atoms with Gasteiger partial charge >= 0.3 is 0 Å². The molecule has 0 saturated heterocycles. The summed E-state index contributed by atoms with van der Waals surface area (Å²) in [6.07, 6.45) is 0. The maximum absolute atomic E-state index is 12.9. The van der Waals surface area contributed by atoms with Crippen molar-refractivity contribution in [2.24, 2.45) is 10.8 Å². The topological polar surface area (TPSA) is 189 Å². The predicted octanol–water partition coefficient (Wildman–Crippen LogP) is 0.789. The molecule has 162 valence electrons. The molecule has 0 atom stereocenters. The van der Waals surface area contributed by atoms with Crippen LogP contribution in [0.25, 0.3) is 21.9 Å². The second-order valence-electron chi connectivity index (χ2n) is 6.42. The van der Waals surface area contributed by atoms with E-state index in [-0.39, 0.29) is 36.9 Å². The molecule has 31 heavy (non-hydrogen) atoms. The van der Waals surface area contributed by atoms with Gasteiger partial charge in [0.05, 0.1) is 23.8 Å². The van der Waals surface area contributed by atoms with Crippen molar-refractivity contribution >= 4 is 49.2 Å². The molecular formula is C19H20N6O5S. The van der Waals surface area contributed by atoms with Gasteiger partial charge in [0.25, 0.3) is 0 Å². The highest BCUT2D eigenvalue weighted by atomic mass is 32.2. The first-order valence-corrected chi connectivity index (χ1v) is 10.5. The van der Waals surface area contributed by atoms with Gasteiger partial charge in [0.1, 0.15) is 17.2 Å². The van der Waals surface area contributed by atoms with Crippen LogP contribution in [0, 0.1) is 16.7 Å². The Morgan fingerprint density at radius 3 is 2.48 bits per heavy atom. The van der Waals surface area contributed by atoms with E-state index in [0.29, 0.717) is 27.6 Å². The molecule has 0 saturated carbocycles. The summed E-state index contributed by atoms with van der Waals surface area (Å²) in [5.74, 6) is -0.468. The van der Waals surface area contributed by atoms with Gasteiger partial charge in [-0.1, -0.05) is 0 Å². The highest BCUT2D eigenvalue weighted by molar-refractivity contribution is 7.89. The fourth-order valence-corrected chi connectivity index (χ4v) is 4.43. The normalized spacial score (nSPS) is 12.4. The smallest absolute Gasteiger partial charge is 0.243 e. The lowest BCUT2D eigenvalue weighted by Gasteiger charge is -2.20. The van der Waals surface area contributed by atoms with Crippen LogP contribution in [-0.2, 0) is 10.0 Å². The highest BCUT2D eigenvalue weighted by Crippen LogP contribution is 2.32. The van der Waals surface area contributed by atoms with Crippen LogP contribution in [0.4, 0.5) is 5.69 Å². The Kier molecular flexibility index (Phi) is 6.52. The zero-order valence-electron chi connectivity index (χ0n) is 16.2. The number of hydrogen-bond acceptors (Lipinski definition) is 9. The van der Waals surface area contributed by atoms with E-state index in [9.17, 15) is 8.42 Å². The van der Waals surface area contributed by atoms with Gasteiger partial charge in [0.15, 0.2) is 5.84 Å². The fraction of sp³-hybridized carbons (Fsp3) is 0.211. The molecule has 0 unspecified atom stereocenters. The molecule has 1 aromatic heterocycles. The van der Waals surface area contributed by atoms with E-state index in [1.54, 1.807) is 24.3 Å². The Labute approximate surface area is 177 Å². The van der Waals surface area contributed by atoms with Crippen LogP contribution in [0.3, 0.4) is 0 Å². The van der Waals surface area contributed by atoms with Crippen molar-refractivity contribution in [1.82, 2.24) is 4.31 Å². The summed E-state index contributed by atoms with van der Waals surface area (Å²) in [7, 11) is -3.92. The first-order valence-electron chi connectivity index (χ1n) is 9.08. The lowest BCUT2D eigenvalue weighted by Crippen LogP contribution is -2.35. The summed E-state index contributed by atoms with van der Waals surface area (Å²) >= 11 is 0. The number of aliphatic hydroxyl groups is 2. The number of aliphatic hydroxyl groups excluding tert-OH is 2. The second-order valence-corrected chi connectivity index (χ2v) is 8.36.